The van der Waals surface area contributed by atoms with Crippen LogP contribution in [0.5, 0.6) is 0 Å². The molecule has 6 heteroatoms. The minimum Gasteiger partial charge on any atom is -0.207 e. The Balaban J connectivity index is 1.86. The van der Waals surface area contributed by atoms with Gasteiger partial charge in [0.05, 0.1) is 6.54 Å². The number of fused-ring (bicyclic) bond motifs is 5. The lowest BCUT2D eigenvalue weighted by atomic mass is 9.87. The van der Waals surface area contributed by atoms with Crippen LogP contribution in [0, 0.1) is 5.82 Å². The number of halogens is 1. The highest BCUT2D eigenvalue weighted by Crippen LogP contribution is 2.53. The fourth-order valence-corrected chi connectivity index (χ4v) is 6.16. The molecule has 0 bridgehead atoms. The third kappa shape index (κ3) is 2.47. The van der Waals surface area contributed by atoms with Crippen LogP contribution >= 0.6 is 0 Å². The van der Waals surface area contributed by atoms with Crippen molar-refractivity contribution in [2.75, 3.05) is 6.54 Å². The first-order chi connectivity index (χ1) is 11.7. The third-order valence-corrected chi connectivity index (χ3v) is 7.21. The summed E-state index contributed by atoms with van der Waals surface area (Å²) >= 11 is -0.948. The molecule has 4 nitrogen and oxygen atoms in total. The molecule has 4 atom stereocenters. The first-order valence-electron chi connectivity index (χ1n) is 7.97. The zero-order valence-electron chi connectivity index (χ0n) is 13.0. The van der Waals surface area contributed by atoms with Crippen molar-refractivity contribution < 1.29 is 8.94 Å². The highest BCUT2D eigenvalue weighted by molar-refractivity contribution is 7.92. The molecule has 1 heterocycles. The van der Waals surface area contributed by atoms with E-state index in [1.807, 2.05) is 18.2 Å². The topological polar surface area (TPSA) is 69.0 Å². The molecule has 2 aromatic rings. The molecule has 0 saturated carbocycles. The Labute approximate surface area is 142 Å². The predicted molar refractivity (Wildman–Crippen MR) is 93.5 cm³/mol. The first kappa shape index (κ1) is 15.5. The van der Waals surface area contributed by atoms with Gasteiger partial charge in [-0.1, -0.05) is 35.4 Å². The van der Waals surface area contributed by atoms with Crippen LogP contribution < -0.4 is 0 Å². The summed E-state index contributed by atoms with van der Waals surface area (Å²) in [5.74, 6) is -0.134. The quantitative estimate of drug-likeness (QED) is 0.364. The Hall–Kier alpha value is -2.01. The number of hydrogen-bond acceptors (Lipinski definition) is 2. The zero-order chi connectivity index (χ0) is 16.7. The molecule has 1 aliphatic carbocycles. The van der Waals surface area contributed by atoms with Gasteiger partial charge in [-0.25, -0.2) is 4.39 Å². The van der Waals surface area contributed by atoms with Crippen LogP contribution in [0.2, 0.25) is 0 Å². The van der Waals surface area contributed by atoms with E-state index in [-0.39, 0.29) is 28.8 Å². The lowest BCUT2D eigenvalue weighted by molar-refractivity contribution is 0.608. The van der Waals surface area contributed by atoms with Crippen molar-refractivity contribution in [1.29, 1.82) is 0 Å². The molecule has 122 valence electrons. The normalized spacial score (nSPS) is 27.4. The van der Waals surface area contributed by atoms with Crippen LogP contribution in [0.15, 0.2) is 47.6 Å². The summed E-state index contributed by atoms with van der Waals surface area (Å²) in [4.78, 5) is 2.83. The highest BCUT2D eigenvalue weighted by atomic mass is 32.2. The summed E-state index contributed by atoms with van der Waals surface area (Å²) in [6.45, 7) is 0.288. The minimum absolute atomic E-state index is 0.0711. The molecule has 0 spiro atoms. The molecule has 1 fully saturated rings. The van der Waals surface area contributed by atoms with Crippen molar-refractivity contribution in [2.24, 2.45) is 5.11 Å². The van der Waals surface area contributed by atoms with Crippen molar-refractivity contribution >= 4 is 11.2 Å². The van der Waals surface area contributed by atoms with E-state index < -0.39 is 11.2 Å². The van der Waals surface area contributed by atoms with Gasteiger partial charge in [-0.05, 0) is 40.8 Å². The second-order valence-electron chi connectivity index (χ2n) is 6.36. The van der Waals surface area contributed by atoms with E-state index >= 15 is 0 Å². The van der Waals surface area contributed by atoms with E-state index in [4.69, 9.17) is 5.53 Å². The number of azide groups is 1. The van der Waals surface area contributed by atoms with Gasteiger partial charge in [0.15, 0.2) is 21.7 Å². The van der Waals surface area contributed by atoms with E-state index in [1.54, 1.807) is 6.07 Å². The average Bonchev–Trinajstić information content (AvgIpc) is 2.84. The Bertz CT molecular complexity index is 837. The summed E-state index contributed by atoms with van der Waals surface area (Å²) in [5, 5.41) is 3.47. The van der Waals surface area contributed by atoms with Gasteiger partial charge < -0.3 is 0 Å². The van der Waals surface area contributed by atoms with E-state index in [9.17, 15) is 8.94 Å². The van der Waals surface area contributed by atoms with Crippen LogP contribution in [0.4, 0.5) is 4.39 Å². The number of hydrogen-bond donors (Lipinski definition) is 1. The summed E-state index contributed by atoms with van der Waals surface area (Å²) < 4.78 is 24.8. The van der Waals surface area contributed by atoms with Crippen molar-refractivity contribution in [3.63, 3.8) is 0 Å². The maximum Gasteiger partial charge on any atom is 0.183 e. The zero-order valence-corrected chi connectivity index (χ0v) is 13.8. The molecule has 0 radical (unpaired) electrons. The van der Waals surface area contributed by atoms with E-state index in [0.29, 0.717) is 0 Å². The molecular formula is C18H17FN3OS+. The summed E-state index contributed by atoms with van der Waals surface area (Å²) in [7, 11) is 0. The SMILES string of the molecule is [N-]=[N+]=NC[C@@H]1C[C@@H]2c3ccccc3Cc3ccc(F)cc3[C@H]2[S+]1O. The van der Waals surface area contributed by atoms with Gasteiger partial charge in [0.2, 0.25) is 0 Å². The molecular weight excluding hydrogens is 325 g/mol. The Morgan fingerprint density at radius 3 is 2.83 bits per heavy atom. The lowest BCUT2D eigenvalue weighted by Crippen LogP contribution is -2.21. The molecule has 24 heavy (non-hydrogen) atoms. The fraction of sp³-hybridized carbons (Fsp3) is 0.333. The van der Waals surface area contributed by atoms with Crippen LogP contribution in [0.1, 0.15) is 39.8 Å². The Kier molecular flexibility index (Phi) is 3.96. The number of nitrogens with zero attached hydrogens (tertiary/aromatic N) is 3. The van der Waals surface area contributed by atoms with Gasteiger partial charge in [0, 0.05) is 22.8 Å². The van der Waals surface area contributed by atoms with Crippen molar-refractivity contribution in [3.8, 4) is 0 Å². The predicted octanol–water partition coefficient (Wildman–Crippen LogP) is 4.73. The maximum atomic E-state index is 13.9. The Morgan fingerprint density at radius 1 is 1.21 bits per heavy atom. The standard InChI is InChI=1S/C18H17FN3OS/c19-13-6-5-12-7-11-3-1-2-4-15(11)17-9-14(10-21-22-20)24(23)18(17)16(12)8-13/h1-6,8,14,17-18,23H,7,9-10H2/q+1/t14-,17+,18+,24?/m0/s1. The summed E-state index contributed by atoms with van der Waals surface area (Å²) in [5.41, 5.74) is 13.0. The second-order valence-corrected chi connectivity index (χ2v) is 8.23. The van der Waals surface area contributed by atoms with Crippen molar-refractivity contribution in [1.82, 2.24) is 0 Å². The van der Waals surface area contributed by atoms with Crippen LogP contribution in [-0.2, 0) is 17.6 Å². The van der Waals surface area contributed by atoms with Crippen LogP contribution in [-0.4, -0.2) is 16.3 Å². The average molecular weight is 342 g/mol. The molecule has 2 aliphatic rings. The molecule has 1 aliphatic heterocycles. The largest absolute Gasteiger partial charge is 0.207 e. The lowest BCUT2D eigenvalue weighted by Gasteiger charge is -2.15. The van der Waals surface area contributed by atoms with E-state index in [2.05, 4.69) is 22.2 Å². The first-order valence-corrected chi connectivity index (χ1v) is 9.28. The highest BCUT2D eigenvalue weighted by Gasteiger charge is 2.54. The van der Waals surface area contributed by atoms with Gasteiger partial charge in [-0.2, -0.15) is 4.55 Å². The van der Waals surface area contributed by atoms with Crippen molar-refractivity contribution in [2.45, 2.75) is 29.3 Å². The fourth-order valence-electron chi connectivity index (χ4n) is 4.05. The number of rotatable bonds is 2. The van der Waals surface area contributed by atoms with Crippen LogP contribution in [0.3, 0.4) is 0 Å². The minimum atomic E-state index is -0.948. The second kappa shape index (κ2) is 6.13. The molecule has 4 rings (SSSR count). The van der Waals surface area contributed by atoms with Crippen LogP contribution in [0.25, 0.3) is 10.4 Å². The number of benzene rings is 2. The van der Waals surface area contributed by atoms with Crippen molar-refractivity contribution in [3.05, 3.63) is 81.0 Å². The van der Waals surface area contributed by atoms with E-state index in [1.165, 1.54) is 17.2 Å². The monoisotopic (exact) mass is 342 g/mol. The van der Waals surface area contributed by atoms with Gasteiger partial charge in [0.1, 0.15) is 5.82 Å². The molecule has 0 aromatic heterocycles. The van der Waals surface area contributed by atoms with Gasteiger partial charge >= 0.3 is 0 Å². The maximum absolute atomic E-state index is 13.9. The molecule has 2 aromatic carbocycles. The summed E-state index contributed by atoms with van der Waals surface area (Å²) in [6, 6.07) is 13.2. The Morgan fingerprint density at radius 2 is 2.00 bits per heavy atom. The van der Waals surface area contributed by atoms with Gasteiger partial charge in [-0.15, -0.1) is 0 Å². The van der Waals surface area contributed by atoms with Gasteiger partial charge in [0.25, 0.3) is 0 Å². The molecule has 0 amide bonds. The molecule has 1 unspecified atom stereocenters. The molecule has 1 saturated heterocycles. The third-order valence-electron chi connectivity index (χ3n) is 5.08. The van der Waals surface area contributed by atoms with E-state index in [0.717, 1.165) is 24.0 Å². The smallest absolute Gasteiger partial charge is 0.183 e. The van der Waals surface area contributed by atoms with Gasteiger partial charge in [-0.3, -0.25) is 0 Å². The summed E-state index contributed by atoms with van der Waals surface area (Å²) in [6.07, 6.45) is 1.52. The molecule has 1 N–H and O–H groups in total.